The number of anilines is 1. The summed E-state index contributed by atoms with van der Waals surface area (Å²) in [6, 6.07) is 2.81. The van der Waals surface area contributed by atoms with Crippen LogP contribution in [0.3, 0.4) is 0 Å². The first kappa shape index (κ1) is 18.7. The molecule has 0 aliphatic carbocycles. The largest absolute Gasteiger partial charge is 0.477 e. The Morgan fingerprint density at radius 3 is 2.58 bits per heavy atom. The minimum atomic E-state index is -1.30. The van der Waals surface area contributed by atoms with Crippen molar-refractivity contribution < 1.29 is 36.7 Å². The van der Waals surface area contributed by atoms with Gasteiger partial charge in [-0.15, -0.1) is 0 Å². The van der Waals surface area contributed by atoms with Crippen molar-refractivity contribution >= 4 is 22.6 Å². The maximum Gasteiger partial charge on any atom is 0.341 e. The van der Waals surface area contributed by atoms with Crippen LogP contribution in [0.4, 0.5) is 10.1 Å². The fourth-order valence-corrected chi connectivity index (χ4v) is 2.96. The molecular formula is C16H18AgFN3O3. The number of aromatic carboxylic acids is 1. The van der Waals surface area contributed by atoms with E-state index in [0.29, 0.717) is 30.8 Å². The third kappa shape index (κ3) is 3.25. The summed E-state index contributed by atoms with van der Waals surface area (Å²) >= 11 is 0. The Balaban J connectivity index is 0.00000208. The average Bonchev–Trinajstić information content (AvgIpc) is 2.55. The van der Waals surface area contributed by atoms with Gasteiger partial charge in [-0.2, -0.15) is 0 Å². The predicted octanol–water partition coefficient (Wildman–Crippen LogP) is 1.27. The van der Waals surface area contributed by atoms with Gasteiger partial charge >= 0.3 is 5.97 Å². The number of halogens is 1. The minimum Gasteiger partial charge on any atom is -0.477 e. The normalized spacial score (nSPS) is 14.5. The molecule has 2 aromatic rings. The van der Waals surface area contributed by atoms with Crippen LogP contribution in [-0.4, -0.2) is 41.8 Å². The van der Waals surface area contributed by atoms with E-state index in [4.69, 9.17) is 5.11 Å². The number of benzene rings is 1. The average molecular weight is 427 g/mol. The molecule has 1 saturated heterocycles. The van der Waals surface area contributed by atoms with Gasteiger partial charge in [0.2, 0.25) is 5.43 Å². The molecule has 0 bridgehead atoms. The molecular weight excluding hydrogens is 409 g/mol. The molecule has 0 unspecified atom stereocenters. The Kier molecular flexibility index (Phi) is 5.82. The molecule has 24 heavy (non-hydrogen) atoms. The van der Waals surface area contributed by atoms with Crippen molar-refractivity contribution in [2.24, 2.45) is 0 Å². The first-order chi connectivity index (χ1) is 11.0. The van der Waals surface area contributed by atoms with Crippen LogP contribution in [-0.2, 0) is 28.9 Å². The number of aromatic nitrogens is 1. The Labute approximate surface area is 153 Å². The Morgan fingerprint density at radius 2 is 2.00 bits per heavy atom. The van der Waals surface area contributed by atoms with Gasteiger partial charge < -0.3 is 19.9 Å². The van der Waals surface area contributed by atoms with E-state index in [9.17, 15) is 14.0 Å². The topological polar surface area (TPSA) is 74.6 Å². The van der Waals surface area contributed by atoms with Gasteiger partial charge in [-0.25, -0.2) is 9.18 Å². The van der Waals surface area contributed by atoms with Crippen LogP contribution in [0.5, 0.6) is 0 Å². The van der Waals surface area contributed by atoms with Gasteiger partial charge in [0.05, 0.1) is 11.2 Å². The van der Waals surface area contributed by atoms with Gasteiger partial charge in [0, 0.05) is 66.7 Å². The van der Waals surface area contributed by atoms with Crippen molar-refractivity contribution in [3.8, 4) is 0 Å². The molecule has 3 rings (SSSR count). The smallest absolute Gasteiger partial charge is 0.341 e. The number of carboxylic acid groups (broad SMARTS) is 1. The molecule has 1 aromatic carbocycles. The Bertz CT molecular complexity index is 831. The molecule has 0 atom stereocenters. The number of aryl methyl sites for hydroxylation is 1. The third-order valence-corrected chi connectivity index (χ3v) is 4.18. The second-order valence-corrected chi connectivity index (χ2v) is 5.52. The first-order valence-corrected chi connectivity index (χ1v) is 7.58. The summed E-state index contributed by atoms with van der Waals surface area (Å²) in [4.78, 5) is 25.4. The van der Waals surface area contributed by atoms with Gasteiger partial charge in [0.1, 0.15) is 11.4 Å². The summed E-state index contributed by atoms with van der Waals surface area (Å²) in [5.74, 6) is -1.80. The maximum atomic E-state index is 14.5. The molecule has 1 radical (unpaired) electrons. The van der Waals surface area contributed by atoms with Crippen LogP contribution in [0.1, 0.15) is 17.3 Å². The number of hydrogen-bond acceptors (Lipinski definition) is 4. The Hall–Kier alpha value is -1.67. The summed E-state index contributed by atoms with van der Waals surface area (Å²) in [6.45, 7) is 5.26. The third-order valence-electron chi connectivity index (χ3n) is 4.18. The van der Waals surface area contributed by atoms with Crippen molar-refractivity contribution in [3.05, 3.63) is 39.9 Å². The van der Waals surface area contributed by atoms with Gasteiger partial charge in [0.25, 0.3) is 0 Å². The van der Waals surface area contributed by atoms with E-state index in [1.165, 1.54) is 6.20 Å². The molecule has 1 aromatic heterocycles. The molecule has 2 N–H and O–H groups in total. The van der Waals surface area contributed by atoms with Crippen LogP contribution in [0, 0.1) is 5.82 Å². The molecule has 2 heterocycles. The zero-order valence-electron chi connectivity index (χ0n) is 13.1. The van der Waals surface area contributed by atoms with E-state index in [2.05, 4.69) is 5.32 Å². The maximum absolute atomic E-state index is 14.5. The fraction of sp³-hybridized carbons (Fsp3) is 0.375. The van der Waals surface area contributed by atoms with Crippen molar-refractivity contribution in [3.63, 3.8) is 0 Å². The fourth-order valence-electron chi connectivity index (χ4n) is 2.96. The summed E-state index contributed by atoms with van der Waals surface area (Å²) in [6.07, 6.45) is 1.33. The van der Waals surface area contributed by atoms with E-state index in [1.807, 2.05) is 11.8 Å². The summed E-state index contributed by atoms with van der Waals surface area (Å²) < 4.78 is 16.2. The number of fused-ring (bicyclic) bond motifs is 1. The van der Waals surface area contributed by atoms with Gasteiger partial charge in [-0.05, 0) is 19.1 Å². The van der Waals surface area contributed by atoms with Crippen LogP contribution in [0.15, 0.2) is 23.1 Å². The van der Waals surface area contributed by atoms with E-state index < -0.39 is 17.2 Å². The number of nitrogens with one attached hydrogen (secondary N) is 1. The number of hydrogen-bond donors (Lipinski definition) is 2. The number of nitrogens with zero attached hydrogens (tertiary/aromatic N) is 2. The molecule has 1 aliphatic heterocycles. The van der Waals surface area contributed by atoms with Crippen LogP contribution >= 0.6 is 0 Å². The quantitative estimate of drug-likeness (QED) is 0.722. The first-order valence-electron chi connectivity index (χ1n) is 7.58. The van der Waals surface area contributed by atoms with Crippen LogP contribution in [0.25, 0.3) is 10.9 Å². The molecule has 133 valence electrons. The standard InChI is InChI=1S/C16H18FN3O3.Ag/c1-2-19-9-11(16(22)23)15(21)10-7-12(17)14(8-13(10)19)20-5-3-18-4-6-20;/h7-9,18H,2-6H2,1H3,(H,22,23);. The molecule has 6 nitrogen and oxygen atoms in total. The number of rotatable bonds is 3. The second-order valence-electron chi connectivity index (χ2n) is 5.52. The summed E-state index contributed by atoms with van der Waals surface area (Å²) in [5, 5.41) is 12.5. The zero-order valence-corrected chi connectivity index (χ0v) is 14.6. The van der Waals surface area contributed by atoms with E-state index in [0.717, 1.165) is 19.2 Å². The molecule has 1 fully saturated rings. The number of pyridine rings is 1. The summed E-state index contributed by atoms with van der Waals surface area (Å²) in [7, 11) is 0. The van der Waals surface area contributed by atoms with Crippen molar-refractivity contribution in [1.82, 2.24) is 9.88 Å². The van der Waals surface area contributed by atoms with Gasteiger partial charge in [-0.1, -0.05) is 0 Å². The van der Waals surface area contributed by atoms with E-state index in [1.54, 1.807) is 10.6 Å². The number of piperazine rings is 1. The van der Waals surface area contributed by atoms with Crippen molar-refractivity contribution in [2.45, 2.75) is 13.5 Å². The van der Waals surface area contributed by atoms with Gasteiger partial charge in [0.15, 0.2) is 0 Å². The summed E-state index contributed by atoms with van der Waals surface area (Å²) in [5.41, 5.74) is 0.0118. The number of carboxylic acids is 1. The molecule has 0 spiro atoms. The molecule has 1 aliphatic rings. The van der Waals surface area contributed by atoms with E-state index >= 15 is 0 Å². The van der Waals surface area contributed by atoms with Crippen LogP contribution in [0.2, 0.25) is 0 Å². The van der Waals surface area contributed by atoms with Crippen molar-refractivity contribution in [1.29, 1.82) is 0 Å². The van der Waals surface area contributed by atoms with Crippen molar-refractivity contribution in [2.75, 3.05) is 31.1 Å². The predicted molar refractivity (Wildman–Crippen MR) is 85.9 cm³/mol. The minimum absolute atomic E-state index is 0. The van der Waals surface area contributed by atoms with E-state index in [-0.39, 0.29) is 33.3 Å². The SMILES string of the molecule is CCn1cc(C(=O)O)c(=O)c2cc(F)c(N3CCNCC3)cc21.[Ag]. The number of carbonyl (C=O) groups is 1. The molecule has 0 amide bonds. The van der Waals surface area contributed by atoms with Crippen LogP contribution < -0.4 is 15.6 Å². The Morgan fingerprint density at radius 1 is 1.33 bits per heavy atom. The molecule has 8 heteroatoms. The zero-order chi connectivity index (χ0) is 16.6. The van der Waals surface area contributed by atoms with Gasteiger partial charge in [-0.3, -0.25) is 4.79 Å². The molecule has 0 saturated carbocycles. The monoisotopic (exact) mass is 426 g/mol. The second kappa shape index (κ2) is 7.48.